The van der Waals surface area contributed by atoms with Gasteiger partial charge in [0.15, 0.2) is 5.82 Å². The first-order valence-corrected chi connectivity index (χ1v) is 9.53. The average molecular weight is 390 g/mol. The molecule has 7 heteroatoms. The van der Waals surface area contributed by atoms with Crippen LogP contribution in [-0.2, 0) is 22.3 Å². The summed E-state index contributed by atoms with van der Waals surface area (Å²) in [6.45, 7) is 7.03. The van der Waals surface area contributed by atoms with E-state index in [-0.39, 0.29) is 17.9 Å². The number of ether oxygens (including phenoxy) is 1. The van der Waals surface area contributed by atoms with E-state index in [4.69, 9.17) is 4.74 Å². The highest BCUT2D eigenvalue weighted by Crippen LogP contribution is 2.21. The summed E-state index contributed by atoms with van der Waals surface area (Å²) in [5.41, 5.74) is 1.27. The van der Waals surface area contributed by atoms with Crippen molar-refractivity contribution in [2.45, 2.75) is 39.0 Å². The second kappa shape index (κ2) is 8.90. The fourth-order valence-electron chi connectivity index (χ4n) is 2.09. The van der Waals surface area contributed by atoms with E-state index in [1.807, 2.05) is 30.3 Å². The Balaban J connectivity index is 2.11. The molecule has 2 rings (SSSR count). The Bertz CT molecular complexity index is 861. The summed E-state index contributed by atoms with van der Waals surface area (Å²) in [5, 5.41) is 2.39. The smallest absolute Gasteiger partial charge is 0.412 e. The zero-order valence-corrected chi connectivity index (χ0v) is 16.6. The zero-order valence-electron chi connectivity index (χ0n) is 15.8. The summed E-state index contributed by atoms with van der Waals surface area (Å²) in [4.78, 5) is 11.9. The molecule has 2 aromatic rings. The summed E-state index contributed by atoms with van der Waals surface area (Å²) in [7, 11) is -1.51. The molecule has 5 nitrogen and oxygen atoms in total. The highest BCUT2D eigenvalue weighted by Gasteiger charge is 2.20. The van der Waals surface area contributed by atoms with Crippen molar-refractivity contribution in [1.29, 1.82) is 0 Å². The van der Waals surface area contributed by atoms with Gasteiger partial charge < -0.3 is 4.74 Å². The van der Waals surface area contributed by atoms with Gasteiger partial charge in [0.1, 0.15) is 17.6 Å². The third-order valence-corrected chi connectivity index (χ3v) is 5.07. The molecule has 0 aliphatic heterocycles. The Morgan fingerprint density at radius 3 is 2.44 bits per heavy atom. The number of benzene rings is 2. The predicted molar refractivity (Wildman–Crippen MR) is 107 cm³/mol. The van der Waals surface area contributed by atoms with E-state index >= 15 is 0 Å². The van der Waals surface area contributed by atoms with Crippen molar-refractivity contribution >= 4 is 28.5 Å². The van der Waals surface area contributed by atoms with Crippen molar-refractivity contribution in [3.05, 3.63) is 65.5 Å². The minimum Gasteiger partial charge on any atom is -0.444 e. The number of nitrogens with one attached hydrogen (secondary N) is 1. The van der Waals surface area contributed by atoms with E-state index in [0.29, 0.717) is 5.71 Å². The van der Waals surface area contributed by atoms with Crippen LogP contribution in [-0.4, -0.2) is 20.8 Å². The standard InChI is InChI=1S/C20H23FN2O3S/c1-14(23-27(25)20(2,3)4)16-11-8-12-17(18(16)21)22-19(24)26-13-15-9-6-5-7-10-15/h5-12H,13H2,1-4H3,(H,22,24)/b23-14+/t27-/m1/s1. The van der Waals surface area contributed by atoms with Crippen molar-refractivity contribution in [2.24, 2.45) is 4.40 Å². The molecule has 27 heavy (non-hydrogen) atoms. The fourth-order valence-corrected chi connectivity index (χ4v) is 2.71. The van der Waals surface area contributed by atoms with Gasteiger partial charge in [-0.25, -0.2) is 13.4 Å². The number of carbonyl (C=O) groups excluding carboxylic acids is 1. The van der Waals surface area contributed by atoms with E-state index in [1.54, 1.807) is 33.8 Å². The topological polar surface area (TPSA) is 67.8 Å². The van der Waals surface area contributed by atoms with Crippen LogP contribution in [0.2, 0.25) is 0 Å². The van der Waals surface area contributed by atoms with Crippen LogP contribution in [0.15, 0.2) is 52.9 Å². The number of nitrogens with zero attached hydrogens (tertiary/aromatic N) is 1. The molecular formula is C20H23FN2O3S. The number of rotatable bonds is 5. The zero-order chi connectivity index (χ0) is 20.0. The maximum absolute atomic E-state index is 14.7. The molecule has 144 valence electrons. The second-order valence-corrected chi connectivity index (χ2v) is 8.80. The summed E-state index contributed by atoms with van der Waals surface area (Å²) >= 11 is 0. The molecule has 1 amide bonds. The van der Waals surface area contributed by atoms with E-state index in [2.05, 4.69) is 9.71 Å². The monoisotopic (exact) mass is 390 g/mol. The lowest BCUT2D eigenvalue weighted by Crippen LogP contribution is -2.21. The Morgan fingerprint density at radius 2 is 1.81 bits per heavy atom. The Hall–Kier alpha value is -2.54. The lowest BCUT2D eigenvalue weighted by Gasteiger charge is -2.15. The minimum atomic E-state index is -1.51. The van der Waals surface area contributed by atoms with Crippen LogP contribution < -0.4 is 5.32 Å². The van der Waals surface area contributed by atoms with E-state index in [0.717, 1.165) is 5.56 Å². The van der Waals surface area contributed by atoms with Crippen molar-refractivity contribution in [1.82, 2.24) is 0 Å². The van der Waals surface area contributed by atoms with Crippen molar-refractivity contribution in [3.8, 4) is 0 Å². The SMILES string of the molecule is C/C(=N\[S@](=O)C(C)(C)C)c1cccc(NC(=O)OCc2ccccc2)c1F. The quantitative estimate of drug-likeness (QED) is 0.743. The van der Waals surface area contributed by atoms with Gasteiger partial charge in [0.25, 0.3) is 0 Å². The number of anilines is 1. The largest absolute Gasteiger partial charge is 0.444 e. The number of hydrogen-bond acceptors (Lipinski definition) is 3. The molecule has 1 atom stereocenters. The first kappa shape index (κ1) is 20.8. The molecule has 0 saturated carbocycles. The van der Waals surface area contributed by atoms with Crippen LogP contribution in [0.4, 0.5) is 14.9 Å². The molecule has 1 N–H and O–H groups in total. The van der Waals surface area contributed by atoms with Gasteiger partial charge in [0.05, 0.1) is 16.1 Å². The fraction of sp³-hybridized carbons (Fsp3) is 0.300. The first-order valence-electron chi connectivity index (χ1n) is 8.42. The lowest BCUT2D eigenvalue weighted by atomic mass is 10.1. The Labute approximate surface area is 161 Å². The lowest BCUT2D eigenvalue weighted by molar-refractivity contribution is 0.155. The van der Waals surface area contributed by atoms with Gasteiger partial charge in [0.2, 0.25) is 0 Å². The van der Waals surface area contributed by atoms with Crippen molar-refractivity contribution in [2.75, 3.05) is 5.32 Å². The highest BCUT2D eigenvalue weighted by molar-refractivity contribution is 7.85. The molecular weight excluding hydrogens is 367 g/mol. The van der Waals surface area contributed by atoms with Crippen molar-refractivity contribution < 1.29 is 18.1 Å². The number of carbonyl (C=O) groups is 1. The third-order valence-electron chi connectivity index (χ3n) is 3.58. The third kappa shape index (κ3) is 5.99. The average Bonchev–Trinajstić information content (AvgIpc) is 2.61. The van der Waals surface area contributed by atoms with Gasteiger partial charge in [-0.1, -0.05) is 42.5 Å². The number of hydrogen-bond donors (Lipinski definition) is 1. The molecule has 0 aliphatic carbocycles. The number of amides is 1. The highest BCUT2D eigenvalue weighted by atomic mass is 32.2. The molecule has 2 aromatic carbocycles. The molecule has 0 heterocycles. The normalized spacial score (nSPS) is 13.1. The summed E-state index contributed by atoms with van der Waals surface area (Å²) in [6.07, 6.45) is -0.761. The van der Waals surface area contributed by atoms with E-state index < -0.39 is 27.6 Å². The molecule has 0 aromatic heterocycles. The molecule has 0 radical (unpaired) electrons. The predicted octanol–water partition coefficient (Wildman–Crippen LogP) is 4.85. The molecule has 0 unspecified atom stereocenters. The van der Waals surface area contributed by atoms with E-state index in [1.165, 1.54) is 12.1 Å². The van der Waals surface area contributed by atoms with Crippen LogP contribution in [0, 0.1) is 5.82 Å². The van der Waals surface area contributed by atoms with E-state index in [9.17, 15) is 13.4 Å². The van der Waals surface area contributed by atoms with Crippen LogP contribution in [0.3, 0.4) is 0 Å². The van der Waals surface area contributed by atoms with Gasteiger partial charge in [0, 0.05) is 5.56 Å². The van der Waals surface area contributed by atoms with Gasteiger partial charge in [-0.15, -0.1) is 0 Å². The second-order valence-electron chi connectivity index (χ2n) is 6.89. The van der Waals surface area contributed by atoms with Crippen LogP contribution >= 0.6 is 0 Å². The summed E-state index contributed by atoms with van der Waals surface area (Å²) in [5.74, 6) is -0.652. The van der Waals surface area contributed by atoms with Crippen LogP contribution in [0.25, 0.3) is 0 Å². The maximum atomic E-state index is 14.7. The van der Waals surface area contributed by atoms with Gasteiger partial charge in [-0.2, -0.15) is 4.40 Å². The molecule has 0 saturated heterocycles. The molecule has 0 bridgehead atoms. The molecule has 0 spiro atoms. The number of halogens is 1. The van der Waals surface area contributed by atoms with Crippen molar-refractivity contribution in [3.63, 3.8) is 0 Å². The molecule has 0 fully saturated rings. The molecule has 0 aliphatic rings. The van der Waals surface area contributed by atoms with Gasteiger partial charge in [-0.3, -0.25) is 5.32 Å². The van der Waals surface area contributed by atoms with Gasteiger partial charge >= 0.3 is 6.09 Å². The van der Waals surface area contributed by atoms with Crippen LogP contribution in [0.5, 0.6) is 0 Å². The summed E-state index contributed by atoms with van der Waals surface area (Å²) in [6, 6.07) is 13.7. The Morgan fingerprint density at radius 1 is 1.15 bits per heavy atom. The Kier molecular flexibility index (Phi) is 6.85. The van der Waals surface area contributed by atoms with Crippen LogP contribution in [0.1, 0.15) is 38.8 Å². The summed E-state index contributed by atoms with van der Waals surface area (Å²) < 4.78 is 35.5. The van der Waals surface area contributed by atoms with Gasteiger partial charge in [-0.05, 0) is 39.3 Å². The first-order chi connectivity index (χ1) is 12.7. The maximum Gasteiger partial charge on any atom is 0.412 e. The minimum absolute atomic E-state index is 0.0262.